The van der Waals surface area contributed by atoms with Crippen LogP contribution in [0.2, 0.25) is 10.0 Å². The summed E-state index contributed by atoms with van der Waals surface area (Å²) >= 11 is 11.8. The molecule has 0 bridgehead atoms. The van der Waals surface area contributed by atoms with Gasteiger partial charge < -0.3 is 9.84 Å². The van der Waals surface area contributed by atoms with Crippen molar-refractivity contribution in [3.05, 3.63) is 58.1 Å². The van der Waals surface area contributed by atoms with Gasteiger partial charge in [0.05, 0.1) is 10.7 Å². The SMILES string of the molecule is CC/C(=N\NC(=O)COc1ccc(Cl)cc1Cl)c1ccc(O)cc1. The van der Waals surface area contributed by atoms with E-state index < -0.39 is 5.91 Å². The van der Waals surface area contributed by atoms with Gasteiger partial charge in [-0.3, -0.25) is 4.79 Å². The molecule has 2 aromatic carbocycles. The first-order valence-electron chi connectivity index (χ1n) is 7.22. The Kier molecular flexibility index (Phi) is 6.46. The predicted octanol–water partition coefficient (Wildman–Crippen LogP) is 4.01. The summed E-state index contributed by atoms with van der Waals surface area (Å²) in [7, 11) is 0. The lowest BCUT2D eigenvalue weighted by molar-refractivity contribution is -0.123. The molecule has 0 unspecified atom stereocenters. The lowest BCUT2D eigenvalue weighted by Crippen LogP contribution is -2.26. The van der Waals surface area contributed by atoms with E-state index in [4.69, 9.17) is 27.9 Å². The first kappa shape index (κ1) is 18.1. The number of benzene rings is 2. The average molecular weight is 367 g/mol. The number of aromatic hydroxyl groups is 1. The normalized spacial score (nSPS) is 11.2. The number of phenols is 1. The van der Waals surface area contributed by atoms with Gasteiger partial charge in [0, 0.05) is 5.02 Å². The van der Waals surface area contributed by atoms with Gasteiger partial charge in [-0.1, -0.05) is 30.1 Å². The third-order valence-corrected chi connectivity index (χ3v) is 3.63. The van der Waals surface area contributed by atoms with Gasteiger partial charge in [0.1, 0.15) is 11.5 Å². The molecule has 0 radical (unpaired) electrons. The molecule has 2 N–H and O–H groups in total. The van der Waals surface area contributed by atoms with Crippen LogP contribution in [0.5, 0.6) is 11.5 Å². The fourth-order valence-electron chi connectivity index (χ4n) is 1.90. The topological polar surface area (TPSA) is 70.9 Å². The van der Waals surface area contributed by atoms with Crippen molar-refractivity contribution in [1.82, 2.24) is 5.43 Å². The highest BCUT2D eigenvalue weighted by Crippen LogP contribution is 2.27. The molecule has 0 heterocycles. The highest BCUT2D eigenvalue weighted by atomic mass is 35.5. The smallest absolute Gasteiger partial charge is 0.277 e. The Morgan fingerprint density at radius 2 is 1.92 bits per heavy atom. The molecule has 0 fully saturated rings. The Morgan fingerprint density at radius 1 is 1.21 bits per heavy atom. The number of nitrogens with zero attached hydrogens (tertiary/aromatic N) is 1. The van der Waals surface area contributed by atoms with Crippen LogP contribution in [0.15, 0.2) is 47.6 Å². The van der Waals surface area contributed by atoms with E-state index in [1.54, 1.807) is 36.4 Å². The molecule has 0 aliphatic carbocycles. The van der Waals surface area contributed by atoms with Crippen LogP contribution >= 0.6 is 23.2 Å². The minimum absolute atomic E-state index is 0.173. The molecule has 0 aliphatic rings. The molecule has 5 nitrogen and oxygen atoms in total. The molecular weight excluding hydrogens is 351 g/mol. The first-order chi connectivity index (χ1) is 11.5. The summed E-state index contributed by atoms with van der Waals surface area (Å²) in [5.74, 6) is 0.131. The van der Waals surface area contributed by atoms with E-state index in [1.165, 1.54) is 6.07 Å². The Labute approximate surface area is 149 Å². The molecule has 0 aliphatic heterocycles. The fraction of sp³-hybridized carbons (Fsp3) is 0.176. The Hall–Kier alpha value is -2.24. The Bertz CT molecular complexity index is 746. The number of phenolic OH excluding ortho intramolecular Hbond substituents is 1. The van der Waals surface area contributed by atoms with Crippen LogP contribution in [0.3, 0.4) is 0 Å². The number of amides is 1. The van der Waals surface area contributed by atoms with Gasteiger partial charge >= 0.3 is 0 Å². The molecule has 0 aromatic heterocycles. The molecule has 0 saturated carbocycles. The van der Waals surface area contributed by atoms with Gasteiger partial charge in [-0.15, -0.1) is 0 Å². The van der Waals surface area contributed by atoms with E-state index in [9.17, 15) is 9.90 Å². The summed E-state index contributed by atoms with van der Waals surface area (Å²) in [4.78, 5) is 11.8. The van der Waals surface area contributed by atoms with E-state index >= 15 is 0 Å². The monoisotopic (exact) mass is 366 g/mol. The van der Waals surface area contributed by atoms with Crippen molar-refractivity contribution in [2.45, 2.75) is 13.3 Å². The van der Waals surface area contributed by atoms with Crippen LogP contribution < -0.4 is 10.2 Å². The molecule has 24 heavy (non-hydrogen) atoms. The van der Waals surface area contributed by atoms with Crippen LogP contribution in [0.1, 0.15) is 18.9 Å². The van der Waals surface area contributed by atoms with Crippen molar-refractivity contribution in [2.24, 2.45) is 5.10 Å². The largest absolute Gasteiger partial charge is 0.508 e. The lowest BCUT2D eigenvalue weighted by Gasteiger charge is -2.08. The summed E-state index contributed by atoms with van der Waals surface area (Å²) in [5.41, 5.74) is 3.95. The number of carbonyl (C=O) groups is 1. The second kappa shape index (κ2) is 8.57. The fourth-order valence-corrected chi connectivity index (χ4v) is 2.36. The van der Waals surface area contributed by atoms with Crippen molar-refractivity contribution in [3.63, 3.8) is 0 Å². The summed E-state index contributed by atoms with van der Waals surface area (Å²) < 4.78 is 5.34. The quantitative estimate of drug-likeness (QED) is 0.599. The van der Waals surface area contributed by atoms with Crippen LogP contribution in [-0.4, -0.2) is 23.3 Å². The van der Waals surface area contributed by atoms with Gasteiger partial charge in [-0.25, -0.2) is 5.43 Å². The van der Waals surface area contributed by atoms with Crippen molar-refractivity contribution >= 4 is 34.8 Å². The Balaban J connectivity index is 1.94. The summed E-state index contributed by atoms with van der Waals surface area (Å²) in [5, 5.41) is 14.2. The van der Waals surface area contributed by atoms with Gasteiger partial charge in [0.15, 0.2) is 6.61 Å². The zero-order valence-electron chi connectivity index (χ0n) is 12.9. The zero-order chi connectivity index (χ0) is 17.5. The Morgan fingerprint density at radius 3 is 2.54 bits per heavy atom. The molecule has 0 atom stereocenters. The summed E-state index contributed by atoms with van der Waals surface area (Å²) in [6.07, 6.45) is 0.620. The number of ether oxygens (including phenoxy) is 1. The molecule has 0 saturated heterocycles. The van der Waals surface area contributed by atoms with Gasteiger partial charge in [0.2, 0.25) is 0 Å². The van der Waals surface area contributed by atoms with Crippen molar-refractivity contribution < 1.29 is 14.6 Å². The minimum atomic E-state index is -0.411. The molecular formula is C17H16Cl2N2O3. The van der Waals surface area contributed by atoms with Crippen molar-refractivity contribution in [1.29, 1.82) is 0 Å². The van der Waals surface area contributed by atoms with E-state index in [0.717, 1.165) is 5.56 Å². The molecule has 7 heteroatoms. The minimum Gasteiger partial charge on any atom is -0.508 e. The number of carbonyl (C=O) groups excluding carboxylic acids is 1. The third-order valence-electron chi connectivity index (χ3n) is 3.10. The van der Waals surface area contributed by atoms with Gasteiger partial charge in [0.25, 0.3) is 5.91 Å². The number of nitrogens with one attached hydrogen (secondary N) is 1. The second-order valence-corrected chi connectivity index (χ2v) is 5.70. The van der Waals surface area contributed by atoms with E-state index in [2.05, 4.69) is 10.5 Å². The maximum atomic E-state index is 11.8. The predicted molar refractivity (Wildman–Crippen MR) is 95.0 cm³/mol. The number of rotatable bonds is 6. The number of halogens is 2. The lowest BCUT2D eigenvalue weighted by atomic mass is 10.1. The maximum absolute atomic E-state index is 11.8. The molecule has 0 spiro atoms. The van der Waals surface area contributed by atoms with Crippen LogP contribution in [0.4, 0.5) is 0 Å². The van der Waals surface area contributed by atoms with Crippen LogP contribution in [0, 0.1) is 0 Å². The number of hydrogen-bond donors (Lipinski definition) is 2. The standard InChI is InChI=1S/C17H16Cl2N2O3/c1-2-15(11-3-6-13(22)7-4-11)20-21-17(23)10-24-16-8-5-12(18)9-14(16)19/h3-9,22H,2,10H2,1H3,(H,21,23)/b20-15+. The van der Waals surface area contributed by atoms with Crippen molar-refractivity contribution in [2.75, 3.05) is 6.61 Å². The second-order valence-electron chi connectivity index (χ2n) is 4.86. The molecule has 126 valence electrons. The summed E-state index contributed by atoms with van der Waals surface area (Å²) in [6, 6.07) is 11.3. The zero-order valence-corrected chi connectivity index (χ0v) is 14.4. The van der Waals surface area contributed by atoms with Crippen molar-refractivity contribution in [3.8, 4) is 11.5 Å². The van der Waals surface area contributed by atoms with Gasteiger partial charge in [-0.05, 0) is 54.4 Å². The number of hydrazone groups is 1. The van der Waals surface area contributed by atoms with E-state index in [1.807, 2.05) is 6.92 Å². The van der Waals surface area contributed by atoms with Crippen LogP contribution in [0.25, 0.3) is 0 Å². The highest BCUT2D eigenvalue weighted by Gasteiger charge is 2.07. The molecule has 1 amide bonds. The first-order valence-corrected chi connectivity index (χ1v) is 7.98. The third kappa shape index (κ3) is 5.15. The van der Waals surface area contributed by atoms with E-state index in [0.29, 0.717) is 27.9 Å². The number of hydrogen-bond acceptors (Lipinski definition) is 4. The molecule has 2 aromatic rings. The highest BCUT2D eigenvalue weighted by molar-refractivity contribution is 6.35. The average Bonchev–Trinajstić information content (AvgIpc) is 2.56. The van der Waals surface area contributed by atoms with Crippen LogP contribution in [-0.2, 0) is 4.79 Å². The maximum Gasteiger partial charge on any atom is 0.277 e. The molecule has 2 rings (SSSR count). The van der Waals surface area contributed by atoms with Gasteiger partial charge in [-0.2, -0.15) is 5.10 Å². The summed E-state index contributed by atoms with van der Waals surface area (Å²) in [6.45, 7) is 1.69. The van der Waals surface area contributed by atoms with E-state index in [-0.39, 0.29) is 12.4 Å².